The maximum absolute atomic E-state index is 6.18. The summed E-state index contributed by atoms with van der Waals surface area (Å²) in [4.78, 5) is 0. The Morgan fingerprint density at radius 2 is 1.77 bits per heavy atom. The van der Waals surface area contributed by atoms with Gasteiger partial charge in [0.15, 0.2) is 0 Å². The van der Waals surface area contributed by atoms with Crippen LogP contribution in [-0.2, 0) is 13.0 Å². The van der Waals surface area contributed by atoms with Gasteiger partial charge in [0.05, 0.1) is 7.11 Å². The first-order chi connectivity index (χ1) is 10.5. The van der Waals surface area contributed by atoms with Gasteiger partial charge >= 0.3 is 0 Å². The Bertz CT molecular complexity index is 633. The zero-order valence-corrected chi connectivity index (χ0v) is 14.0. The Balaban J connectivity index is 2.18. The van der Waals surface area contributed by atoms with Gasteiger partial charge in [-0.3, -0.25) is 0 Å². The van der Waals surface area contributed by atoms with Gasteiger partial charge in [-0.15, -0.1) is 0 Å². The van der Waals surface area contributed by atoms with Crippen molar-refractivity contribution < 1.29 is 9.47 Å². The fourth-order valence-corrected chi connectivity index (χ4v) is 2.53. The molecule has 0 radical (unpaired) electrons. The predicted octanol–water partition coefficient (Wildman–Crippen LogP) is 4.05. The molecule has 2 N–H and O–H groups in total. The highest BCUT2D eigenvalue weighted by Crippen LogP contribution is 2.27. The Kier molecular flexibility index (Phi) is 5.69. The quantitative estimate of drug-likeness (QED) is 0.873. The van der Waals surface area contributed by atoms with Crippen molar-refractivity contribution in [2.75, 3.05) is 13.7 Å². The van der Waals surface area contributed by atoms with Gasteiger partial charge < -0.3 is 15.2 Å². The highest BCUT2D eigenvalue weighted by atomic mass is 35.5. The molecule has 2 aromatic rings. The van der Waals surface area contributed by atoms with E-state index in [1.54, 1.807) is 7.11 Å². The van der Waals surface area contributed by atoms with Crippen molar-refractivity contribution in [3.05, 3.63) is 57.6 Å². The standard InChI is InChI=1S/C18H22ClNO2/c1-12-8-16(9-13(2)18(12)19)22-11-15-10-14(6-7-20)4-5-17(15)21-3/h4-5,8-10H,6-7,11,20H2,1-3H3. The van der Waals surface area contributed by atoms with Gasteiger partial charge in [-0.1, -0.05) is 17.7 Å². The van der Waals surface area contributed by atoms with Crippen molar-refractivity contribution in [3.8, 4) is 11.5 Å². The number of rotatable bonds is 6. The number of hydrogen-bond acceptors (Lipinski definition) is 3. The molecular weight excluding hydrogens is 298 g/mol. The Morgan fingerprint density at radius 1 is 1.09 bits per heavy atom. The van der Waals surface area contributed by atoms with Gasteiger partial charge in [0.1, 0.15) is 18.1 Å². The van der Waals surface area contributed by atoms with Crippen LogP contribution in [0.1, 0.15) is 22.3 Å². The molecule has 0 amide bonds. The van der Waals surface area contributed by atoms with Gasteiger partial charge in [-0.25, -0.2) is 0 Å². The molecule has 0 aliphatic rings. The average molecular weight is 320 g/mol. The van der Waals surface area contributed by atoms with Crippen LogP contribution in [-0.4, -0.2) is 13.7 Å². The number of ether oxygens (including phenoxy) is 2. The molecular formula is C18H22ClNO2. The smallest absolute Gasteiger partial charge is 0.125 e. The second-order valence-corrected chi connectivity index (χ2v) is 5.72. The third kappa shape index (κ3) is 3.93. The van der Waals surface area contributed by atoms with Crippen molar-refractivity contribution in [1.82, 2.24) is 0 Å². The number of aryl methyl sites for hydroxylation is 2. The lowest BCUT2D eigenvalue weighted by Gasteiger charge is -2.13. The first kappa shape index (κ1) is 16.7. The van der Waals surface area contributed by atoms with E-state index in [1.807, 2.05) is 38.1 Å². The van der Waals surface area contributed by atoms with Crippen molar-refractivity contribution in [1.29, 1.82) is 0 Å². The summed E-state index contributed by atoms with van der Waals surface area (Å²) in [6, 6.07) is 9.98. The van der Waals surface area contributed by atoms with E-state index in [9.17, 15) is 0 Å². The maximum atomic E-state index is 6.18. The van der Waals surface area contributed by atoms with Crippen molar-refractivity contribution in [2.24, 2.45) is 5.73 Å². The molecule has 0 spiro atoms. The lowest BCUT2D eigenvalue weighted by atomic mass is 10.1. The molecule has 0 fully saturated rings. The van der Waals surface area contributed by atoms with Crippen LogP contribution in [0, 0.1) is 13.8 Å². The van der Waals surface area contributed by atoms with Crippen LogP contribution in [0.4, 0.5) is 0 Å². The number of nitrogens with two attached hydrogens (primary N) is 1. The van der Waals surface area contributed by atoms with E-state index in [1.165, 1.54) is 5.56 Å². The number of methoxy groups -OCH3 is 1. The SMILES string of the molecule is COc1ccc(CCN)cc1COc1cc(C)c(Cl)c(C)c1. The molecule has 22 heavy (non-hydrogen) atoms. The zero-order chi connectivity index (χ0) is 16.1. The predicted molar refractivity (Wildman–Crippen MR) is 91.0 cm³/mol. The molecule has 0 bridgehead atoms. The van der Waals surface area contributed by atoms with E-state index in [-0.39, 0.29) is 0 Å². The Labute approximate surface area is 137 Å². The minimum Gasteiger partial charge on any atom is -0.496 e. The number of halogens is 1. The molecule has 118 valence electrons. The van der Waals surface area contributed by atoms with Crippen LogP contribution in [0.25, 0.3) is 0 Å². The molecule has 0 aromatic heterocycles. The van der Waals surface area contributed by atoms with Crippen molar-refractivity contribution in [3.63, 3.8) is 0 Å². The summed E-state index contributed by atoms with van der Waals surface area (Å²) in [7, 11) is 1.66. The molecule has 0 aliphatic carbocycles. The molecule has 2 rings (SSSR count). The molecule has 4 heteroatoms. The first-order valence-electron chi connectivity index (χ1n) is 7.30. The average Bonchev–Trinajstić information content (AvgIpc) is 2.51. The zero-order valence-electron chi connectivity index (χ0n) is 13.3. The third-order valence-corrected chi connectivity index (χ3v) is 4.18. The summed E-state index contributed by atoms with van der Waals surface area (Å²) >= 11 is 6.18. The van der Waals surface area contributed by atoms with Crippen LogP contribution >= 0.6 is 11.6 Å². The highest BCUT2D eigenvalue weighted by Gasteiger charge is 2.08. The van der Waals surface area contributed by atoms with E-state index in [0.717, 1.165) is 39.6 Å². The number of benzene rings is 2. The van der Waals surface area contributed by atoms with Crippen LogP contribution in [0.15, 0.2) is 30.3 Å². The largest absolute Gasteiger partial charge is 0.496 e. The fourth-order valence-electron chi connectivity index (χ4n) is 2.42. The minimum absolute atomic E-state index is 0.447. The first-order valence-corrected chi connectivity index (χ1v) is 7.68. The Hall–Kier alpha value is -1.71. The highest BCUT2D eigenvalue weighted by molar-refractivity contribution is 6.32. The molecule has 2 aromatic carbocycles. The summed E-state index contributed by atoms with van der Waals surface area (Å²) in [5.41, 5.74) is 9.85. The lowest BCUT2D eigenvalue weighted by Crippen LogP contribution is -2.05. The van der Waals surface area contributed by atoms with Gasteiger partial charge in [0, 0.05) is 10.6 Å². The molecule has 0 aliphatic heterocycles. The summed E-state index contributed by atoms with van der Waals surface area (Å²) in [5.74, 6) is 1.63. The Morgan fingerprint density at radius 3 is 2.36 bits per heavy atom. The normalized spacial score (nSPS) is 10.6. The molecule has 0 unspecified atom stereocenters. The molecule has 0 saturated carbocycles. The van der Waals surface area contributed by atoms with Gasteiger partial charge in [-0.05, 0) is 67.8 Å². The summed E-state index contributed by atoms with van der Waals surface area (Å²) < 4.78 is 11.3. The number of hydrogen-bond donors (Lipinski definition) is 1. The van der Waals surface area contributed by atoms with Crippen molar-refractivity contribution in [2.45, 2.75) is 26.9 Å². The third-order valence-electron chi connectivity index (χ3n) is 3.58. The van der Waals surface area contributed by atoms with E-state index in [0.29, 0.717) is 13.2 Å². The maximum Gasteiger partial charge on any atom is 0.125 e. The molecule has 0 saturated heterocycles. The van der Waals surface area contributed by atoms with Crippen molar-refractivity contribution >= 4 is 11.6 Å². The monoisotopic (exact) mass is 319 g/mol. The topological polar surface area (TPSA) is 44.5 Å². The fraction of sp³-hybridized carbons (Fsp3) is 0.333. The second kappa shape index (κ2) is 7.52. The van der Waals surface area contributed by atoms with Crippen LogP contribution in [0.3, 0.4) is 0 Å². The van der Waals surface area contributed by atoms with Crippen LogP contribution in [0.2, 0.25) is 5.02 Å². The molecule has 0 atom stereocenters. The van der Waals surface area contributed by atoms with E-state index in [2.05, 4.69) is 6.07 Å². The summed E-state index contributed by atoms with van der Waals surface area (Å²) in [6.07, 6.45) is 0.843. The lowest BCUT2D eigenvalue weighted by molar-refractivity contribution is 0.296. The van der Waals surface area contributed by atoms with E-state index in [4.69, 9.17) is 26.8 Å². The van der Waals surface area contributed by atoms with E-state index < -0.39 is 0 Å². The van der Waals surface area contributed by atoms with Crippen LogP contribution < -0.4 is 15.2 Å². The van der Waals surface area contributed by atoms with Gasteiger partial charge in [-0.2, -0.15) is 0 Å². The van der Waals surface area contributed by atoms with E-state index >= 15 is 0 Å². The second-order valence-electron chi connectivity index (χ2n) is 5.34. The summed E-state index contributed by atoms with van der Waals surface area (Å²) in [5, 5.41) is 0.787. The molecule has 3 nitrogen and oxygen atoms in total. The van der Waals surface area contributed by atoms with Crippen LogP contribution in [0.5, 0.6) is 11.5 Å². The summed E-state index contributed by atoms with van der Waals surface area (Å²) in [6.45, 7) is 5.03. The van der Waals surface area contributed by atoms with Gasteiger partial charge in [0.25, 0.3) is 0 Å². The minimum atomic E-state index is 0.447. The molecule has 0 heterocycles. The van der Waals surface area contributed by atoms with Gasteiger partial charge in [0.2, 0.25) is 0 Å².